The molecule has 0 heterocycles. The van der Waals surface area contributed by atoms with Crippen LogP contribution in [0.3, 0.4) is 0 Å². The molecule has 0 aromatic rings. The van der Waals surface area contributed by atoms with E-state index in [2.05, 4.69) is 0 Å². The number of hydrogen-bond donors (Lipinski definition) is 1. The van der Waals surface area contributed by atoms with Crippen LogP contribution in [0.4, 0.5) is 0 Å². The molecule has 2 nitrogen and oxygen atoms in total. The van der Waals surface area contributed by atoms with Crippen LogP contribution in [0, 0.1) is 0 Å². The van der Waals surface area contributed by atoms with Crippen molar-refractivity contribution < 1.29 is 29.7 Å². The molecule has 4 heteroatoms. The predicted molar refractivity (Wildman–Crippen MR) is 11.4 cm³/mol. The second-order valence-corrected chi connectivity index (χ2v) is 0.540. The van der Waals surface area contributed by atoms with Gasteiger partial charge in [-0.1, -0.05) is 0 Å². The quantitative estimate of drug-likeness (QED) is 0.535. The van der Waals surface area contributed by atoms with Crippen LogP contribution in [0.2, 0.25) is 0 Å². The van der Waals surface area contributed by atoms with Crippen LogP contribution < -0.4 is 0 Å². The molecular weight excluding hydrogens is 261 g/mol. The maximum atomic E-state index is 8.66. The summed E-state index contributed by atoms with van der Waals surface area (Å²) in [6.45, 7) is 0. The summed E-state index contributed by atoms with van der Waals surface area (Å²) >= 11 is -2.02. The molecule has 0 aromatic carbocycles. The summed E-state index contributed by atoms with van der Waals surface area (Å²) in [5, 5.41) is 0. The first-order valence-corrected chi connectivity index (χ1v) is 2.53. The van der Waals surface area contributed by atoms with E-state index in [1.54, 1.807) is 0 Å². The topological polar surface area (TPSA) is 37.3 Å². The Balaban J connectivity index is 0. The third kappa shape index (κ3) is 8.88. The molecule has 0 amide bonds. The van der Waals surface area contributed by atoms with Crippen molar-refractivity contribution >= 4 is 48.9 Å². The Morgan fingerprint density at radius 1 is 1.75 bits per heavy atom. The summed E-state index contributed by atoms with van der Waals surface area (Å²) in [6.07, 6.45) is 0. The Morgan fingerprint density at radius 2 is 1.75 bits per heavy atom. The van der Waals surface area contributed by atoms with Gasteiger partial charge in [-0.3, -0.25) is 0 Å². The van der Waals surface area contributed by atoms with E-state index in [0.29, 0.717) is 0 Å². The summed E-state index contributed by atoms with van der Waals surface area (Å²) in [6, 6.07) is 0. The molecule has 0 aromatic heterocycles. The van der Waals surface area contributed by atoms with Crippen molar-refractivity contribution in [2.75, 3.05) is 0 Å². The van der Waals surface area contributed by atoms with E-state index in [9.17, 15) is 0 Å². The van der Waals surface area contributed by atoms with Crippen molar-refractivity contribution in [3.63, 3.8) is 0 Å². The summed E-state index contributed by atoms with van der Waals surface area (Å²) < 4.78 is 15.8. The third-order valence-electron chi connectivity index (χ3n) is 0. The Morgan fingerprint density at radius 3 is 1.75 bits per heavy atom. The molecule has 0 aliphatic heterocycles. The minimum atomic E-state index is -2.02. The van der Waals surface area contributed by atoms with E-state index < -0.39 is 23.7 Å². The molecule has 0 saturated carbocycles. The molecule has 0 saturated heterocycles. The summed E-state index contributed by atoms with van der Waals surface area (Å²) in [4.78, 5) is 0. The van der Waals surface area contributed by atoms with Gasteiger partial charge in [-0.2, -0.15) is 0 Å². The molecule has 0 bridgehead atoms. The molecule has 0 aliphatic rings. The van der Waals surface area contributed by atoms with Crippen LogP contribution in [0.1, 0.15) is 0 Å². The van der Waals surface area contributed by atoms with Crippen LogP contribution in [0.15, 0.2) is 0 Å². The van der Waals surface area contributed by atoms with Gasteiger partial charge in [0.15, 0.2) is 0 Å². The first-order valence-electron chi connectivity index (χ1n) is 0.428. The van der Waals surface area contributed by atoms with E-state index in [-0.39, 0.29) is 48.9 Å². The van der Waals surface area contributed by atoms with Gasteiger partial charge in [0.25, 0.3) is 0 Å². The zero-order valence-electron chi connectivity index (χ0n) is 1.36. The van der Waals surface area contributed by atoms with Crippen LogP contribution in [0.25, 0.3) is 0 Å². The van der Waals surface area contributed by atoms with Crippen molar-refractivity contribution in [3.05, 3.63) is 0 Å². The molecule has 0 unspecified atom stereocenters. The monoisotopic (exact) mass is 263 g/mol. The summed E-state index contributed by atoms with van der Waals surface area (Å²) in [5.41, 5.74) is 0. The second-order valence-electron chi connectivity index (χ2n) is 0.0913. The van der Waals surface area contributed by atoms with Gasteiger partial charge in [-0.15, -0.1) is 0 Å². The number of hydrogen-bond acceptors (Lipinski definition) is 1. The first-order chi connectivity index (χ1) is 1.41. The molecule has 0 rings (SSSR count). The third-order valence-corrected chi connectivity index (χ3v) is 0. The zero-order chi connectivity index (χ0) is 2.71. The first kappa shape index (κ1) is 9.51. The summed E-state index contributed by atoms with van der Waals surface area (Å²) in [5.74, 6) is 0. The minimum absolute atomic E-state index is 0. The Hall–Kier alpha value is 2.21. The molecule has 0 atom stereocenters. The van der Waals surface area contributed by atoms with Crippen molar-refractivity contribution in [2.45, 2.75) is 0 Å². The van der Waals surface area contributed by atoms with E-state index >= 15 is 0 Å². The van der Waals surface area contributed by atoms with Gasteiger partial charge >= 0.3 is 78.6 Å². The summed E-state index contributed by atoms with van der Waals surface area (Å²) in [7, 11) is 0. The zero-order valence-corrected chi connectivity index (χ0v) is 3.81. The van der Waals surface area contributed by atoms with Gasteiger partial charge in [0.1, 0.15) is 0 Å². The van der Waals surface area contributed by atoms with Crippen molar-refractivity contribution in [2.24, 2.45) is 0 Å². The van der Waals surface area contributed by atoms with E-state index in [1.807, 2.05) is 0 Å². The fraction of sp³-hybridized carbons (Fsp3) is 0. The Bertz CT molecular complexity index is 13.5. The van der Waals surface area contributed by atoms with Gasteiger partial charge < -0.3 is 0 Å². The van der Waals surface area contributed by atoms with E-state index in [4.69, 9.17) is 6.00 Å². The van der Waals surface area contributed by atoms with Gasteiger partial charge in [-0.05, 0) is 0 Å². The fourth-order valence-corrected chi connectivity index (χ4v) is 0. The molecule has 21 valence electrons. The normalized spacial score (nSPS) is 2.25. The number of rotatable bonds is 0. The van der Waals surface area contributed by atoms with Crippen molar-refractivity contribution in [1.29, 1.82) is 0 Å². The maximum absolute atomic E-state index is 8.66. The predicted octanol–water partition coefficient (Wildman–Crippen LogP) is -1.59. The van der Waals surface area contributed by atoms with Crippen LogP contribution in [-0.4, -0.2) is 52.1 Å². The Labute approximate surface area is 76.7 Å². The standard InChI is InChI=1S/Ba.H2O.O.Zr.2H/h;1H2;;;;/q;;;+1;;/p-1. The fourth-order valence-electron chi connectivity index (χ4n) is 0. The SMILES string of the molecule is [BaH2].[O]=[Zr][OH]. The molecule has 0 fully saturated rings. The van der Waals surface area contributed by atoms with Crippen molar-refractivity contribution in [3.8, 4) is 0 Å². The molecule has 0 spiro atoms. The van der Waals surface area contributed by atoms with Gasteiger partial charge in [0, 0.05) is 0 Å². The van der Waals surface area contributed by atoms with Crippen LogP contribution in [-0.2, 0) is 26.5 Å². The van der Waals surface area contributed by atoms with E-state index in [1.165, 1.54) is 0 Å². The van der Waals surface area contributed by atoms with Gasteiger partial charge in [0.05, 0.1) is 0 Å². The van der Waals surface area contributed by atoms with E-state index in [0.717, 1.165) is 0 Å². The molecule has 4 heavy (non-hydrogen) atoms. The Kier molecular flexibility index (Phi) is 21.3. The molecule has 0 aliphatic carbocycles. The average molecular weight is 264 g/mol. The van der Waals surface area contributed by atoms with Crippen molar-refractivity contribution in [1.82, 2.24) is 0 Å². The van der Waals surface area contributed by atoms with Crippen LogP contribution >= 0.6 is 0 Å². The average Bonchev–Trinajstić information content (AvgIpc) is 0.918. The van der Waals surface area contributed by atoms with Crippen LogP contribution in [0.5, 0.6) is 0 Å². The van der Waals surface area contributed by atoms with Gasteiger partial charge in [-0.25, -0.2) is 0 Å². The van der Waals surface area contributed by atoms with Gasteiger partial charge in [0.2, 0.25) is 0 Å². The second kappa shape index (κ2) is 8.96. The molecule has 1 N–H and O–H groups in total. The molecular formula is H3BaO2Zr. The molecule has 0 radical (unpaired) electrons.